The zero-order valence-corrected chi connectivity index (χ0v) is 9.62. The number of nitrogens with one attached hydrogen (secondary N) is 1. The molecule has 2 N–H and O–H groups in total. The Kier molecular flexibility index (Phi) is 4.79. The van der Waals surface area contributed by atoms with E-state index < -0.39 is 0 Å². The van der Waals surface area contributed by atoms with Crippen molar-refractivity contribution in [3.05, 3.63) is 23.8 Å². The topological polar surface area (TPSA) is 58.6 Å². The molecule has 88 valence electrons. The third kappa shape index (κ3) is 3.90. The average Bonchev–Trinajstić information content (AvgIpc) is 2.23. The van der Waals surface area contributed by atoms with Crippen LogP contribution in [0.25, 0.3) is 0 Å². The second-order valence-electron chi connectivity index (χ2n) is 3.64. The summed E-state index contributed by atoms with van der Waals surface area (Å²) in [5, 5.41) is 12.0. The third-order valence-corrected chi connectivity index (χ3v) is 2.24. The van der Waals surface area contributed by atoms with E-state index >= 15 is 0 Å². The lowest BCUT2D eigenvalue weighted by atomic mass is 10.2. The molecule has 16 heavy (non-hydrogen) atoms. The maximum Gasteiger partial charge on any atom is 0.224 e. The van der Waals surface area contributed by atoms with E-state index in [1.807, 2.05) is 6.92 Å². The summed E-state index contributed by atoms with van der Waals surface area (Å²) in [6, 6.07) is 4.86. The van der Waals surface area contributed by atoms with Crippen molar-refractivity contribution in [2.45, 2.75) is 19.8 Å². The first-order valence-electron chi connectivity index (χ1n) is 5.22. The molecule has 0 aliphatic rings. The molecule has 0 fully saturated rings. The Morgan fingerprint density at radius 3 is 2.88 bits per heavy atom. The Morgan fingerprint density at radius 2 is 2.25 bits per heavy atom. The number of anilines is 1. The average molecular weight is 223 g/mol. The van der Waals surface area contributed by atoms with Gasteiger partial charge in [-0.1, -0.05) is 0 Å². The zero-order valence-electron chi connectivity index (χ0n) is 9.62. The van der Waals surface area contributed by atoms with Crippen molar-refractivity contribution < 1.29 is 14.6 Å². The van der Waals surface area contributed by atoms with E-state index in [1.54, 1.807) is 25.3 Å². The number of phenolic OH excluding ortho intramolecular Hbond substituents is 1. The highest BCUT2D eigenvalue weighted by molar-refractivity contribution is 5.91. The van der Waals surface area contributed by atoms with Crippen LogP contribution in [0.5, 0.6) is 5.75 Å². The van der Waals surface area contributed by atoms with Crippen LogP contribution in [0, 0.1) is 6.92 Å². The number of amides is 1. The van der Waals surface area contributed by atoms with Crippen LogP contribution in [-0.2, 0) is 9.53 Å². The lowest BCUT2D eigenvalue weighted by molar-refractivity contribution is -0.116. The molecule has 1 rings (SSSR count). The second-order valence-corrected chi connectivity index (χ2v) is 3.64. The van der Waals surface area contributed by atoms with Gasteiger partial charge in [-0.15, -0.1) is 0 Å². The molecule has 0 aromatic heterocycles. The van der Waals surface area contributed by atoms with Gasteiger partial charge in [0.1, 0.15) is 5.75 Å². The van der Waals surface area contributed by atoms with Crippen LogP contribution < -0.4 is 5.32 Å². The first kappa shape index (κ1) is 12.5. The maximum absolute atomic E-state index is 11.5. The van der Waals surface area contributed by atoms with Crippen LogP contribution in [0.1, 0.15) is 18.4 Å². The minimum absolute atomic E-state index is 0.0363. The summed E-state index contributed by atoms with van der Waals surface area (Å²) in [6.07, 6.45) is 1.15. The van der Waals surface area contributed by atoms with Crippen molar-refractivity contribution in [2.24, 2.45) is 0 Å². The maximum atomic E-state index is 11.5. The molecule has 0 unspecified atom stereocenters. The van der Waals surface area contributed by atoms with Gasteiger partial charge in [-0.05, 0) is 37.1 Å². The van der Waals surface area contributed by atoms with Crippen molar-refractivity contribution in [1.82, 2.24) is 0 Å². The summed E-state index contributed by atoms with van der Waals surface area (Å²) < 4.78 is 4.87. The van der Waals surface area contributed by atoms with Gasteiger partial charge in [-0.25, -0.2) is 0 Å². The van der Waals surface area contributed by atoms with Crippen molar-refractivity contribution in [2.75, 3.05) is 19.0 Å². The highest BCUT2D eigenvalue weighted by atomic mass is 16.5. The molecule has 0 spiro atoms. The van der Waals surface area contributed by atoms with Crippen LogP contribution in [0.15, 0.2) is 18.2 Å². The number of aryl methyl sites for hydroxylation is 1. The normalized spacial score (nSPS) is 10.1. The Balaban J connectivity index is 2.49. The van der Waals surface area contributed by atoms with Crippen LogP contribution in [0.2, 0.25) is 0 Å². The van der Waals surface area contributed by atoms with Gasteiger partial charge in [0.15, 0.2) is 0 Å². The number of carbonyl (C=O) groups is 1. The van der Waals surface area contributed by atoms with Crippen LogP contribution in [-0.4, -0.2) is 24.7 Å². The number of methoxy groups -OCH3 is 1. The molecule has 0 atom stereocenters. The minimum atomic E-state index is -0.0363. The summed E-state index contributed by atoms with van der Waals surface area (Å²) in [4.78, 5) is 11.5. The first-order chi connectivity index (χ1) is 7.63. The number of carbonyl (C=O) groups excluding carboxylic acids is 1. The Hall–Kier alpha value is -1.55. The van der Waals surface area contributed by atoms with Crippen LogP contribution in [0.3, 0.4) is 0 Å². The molecule has 0 bridgehead atoms. The predicted octanol–water partition coefficient (Wildman–Crippen LogP) is 2.07. The van der Waals surface area contributed by atoms with E-state index in [9.17, 15) is 9.90 Å². The minimum Gasteiger partial charge on any atom is -0.508 e. The monoisotopic (exact) mass is 223 g/mol. The summed E-state index contributed by atoms with van der Waals surface area (Å²) in [7, 11) is 1.61. The Labute approximate surface area is 95.2 Å². The molecule has 0 heterocycles. The standard InChI is InChI=1S/C12H17NO3/c1-9-8-10(14)5-6-11(9)13-12(15)4-3-7-16-2/h5-6,8,14H,3-4,7H2,1-2H3,(H,13,15). The summed E-state index contributed by atoms with van der Waals surface area (Å²) in [5.41, 5.74) is 1.58. The van der Waals surface area contributed by atoms with Crippen molar-refractivity contribution in [3.8, 4) is 5.75 Å². The molecule has 0 aliphatic heterocycles. The van der Waals surface area contributed by atoms with Crippen molar-refractivity contribution >= 4 is 11.6 Å². The quantitative estimate of drug-likeness (QED) is 0.593. The molecule has 1 aromatic rings. The molecule has 1 amide bonds. The predicted molar refractivity (Wildman–Crippen MR) is 62.6 cm³/mol. The zero-order chi connectivity index (χ0) is 12.0. The van der Waals surface area contributed by atoms with Gasteiger partial charge >= 0.3 is 0 Å². The van der Waals surface area contributed by atoms with Crippen molar-refractivity contribution in [1.29, 1.82) is 0 Å². The fraction of sp³-hybridized carbons (Fsp3) is 0.417. The van der Waals surface area contributed by atoms with E-state index in [1.165, 1.54) is 0 Å². The molecule has 0 radical (unpaired) electrons. The number of phenols is 1. The molecule has 1 aromatic carbocycles. The lowest BCUT2D eigenvalue weighted by Crippen LogP contribution is -2.12. The van der Waals surface area contributed by atoms with E-state index in [0.717, 1.165) is 11.3 Å². The van der Waals surface area contributed by atoms with Crippen molar-refractivity contribution in [3.63, 3.8) is 0 Å². The number of hydrogen-bond donors (Lipinski definition) is 2. The van der Waals surface area contributed by atoms with Crippen LogP contribution in [0.4, 0.5) is 5.69 Å². The van der Waals surface area contributed by atoms with E-state index in [0.29, 0.717) is 19.4 Å². The summed E-state index contributed by atoms with van der Waals surface area (Å²) >= 11 is 0. The molecular formula is C12H17NO3. The third-order valence-electron chi connectivity index (χ3n) is 2.24. The van der Waals surface area contributed by atoms with Gasteiger partial charge in [0.2, 0.25) is 5.91 Å². The first-order valence-corrected chi connectivity index (χ1v) is 5.22. The molecule has 0 saturated heterocycles. The van der Waals surface area contributed by atoms with E-state index in [4.69, 9.17) is 4.74 Å². The van der Waals surface area contributed by atoms with Gasteiger partial charge in [0.05, 0.1) is 0 Å². The van der Waals surface area contributed by atoms with Gasteiger partial charge in [-0.2, -0.15) is 0 Å². The van der Waals surface area contributed by atoms with E-state index in [-0.39, 0.29) is 11.7 Å². The fourth-order valence-corrected chi connectivity index (χ4v) is 1.38. The second kappa shape index (κ2) is 6.12. The molecule has 4 heteroatoms. The molecule has 4 nitrogen and oxygen atoms in total. The molecule has 0 saturated carbocycles. The smallest absolute Gasteiger partial charge is 0.224 e. The number of aromatic hydroxyl groups is 1. The number of benzene rings is 1. The lowest BCUT2D eigenvalue weighted by Gasteiger charge is -2.08. The van der Waals surface area contributed by atoms with Gasteiger partial charge in [0, 0.05) is 25.8 Å². The highest BCUT2D eigenvalue weighted by Crippen LogP contribution is 2.20. The molecular weight excluding hydrogens is 206 g/mol. The highest BCUT2D eigenvalue weighted by Gasteiger charge is 2.04. The van der Waals surface area contributed by atoms with E-state index in [2.05, 4.69) is 5.32 Å². The van der Waals surface area contributed by atoms with Crippen LogP contribution >= 0.6 is 0 Å². The Morgan fingerprint density at radius 1 is 1.50 bits per heavy atom. The number of hydrogen-bond acceptors (Lipinski definition) is 3. The number of ether oxygens (including phenoxy) is 1. The molecule has 0 aliphatic carbocycles. The summed E-state index contributed by atoms with van der Waals surface area (Å²) in [5.74, 6) is 0.167. The number of rotatable bonds is 5. The fourth-order valence-electron chi connectivity index (χ4n) is 1.38. The van der Waals surface area contributed by atoms with Gasteiger partial charge in [0.25, 0.3) is 0 Å². The SMILES string of the molecule is COCCCC(=O)Nc1ccc(O)cc1C. The largest absolute Gasteiger partial charge is 0.508 e. The van der Waals surface area contributed by atoms with Gasteiger partial charge in [-0.3, -0.25) is 4.79 Å². The van der Waals surface area contributed by atoms with Gasteiger partial charge < -0.3 is 15.2 Å². The summed E-state index contributed by atoms with van der Waals surface area (Å²) in [6.45, 7) is 2.42. The Bertz CT molecular complexity index is 363.